The van der Waals surface area contributed by atoms with Crippen LogP contribution in [0.4, 0.5) is 0 Å². The molecule has 4 heterocycles. The van der Waals surface area contributed by atoms with Crippen LogP contribution >= 0.6 is 173 Å². The second-order valence-corrected chi connectivity index (χ2v) is 71.5. The van der Waals surface area contributed by atoms with Crippen LogP contribution in [0.3, 0.4) is 0 Å². The first-order valence-corrected chi connectivity index (χ1v) is 48.1. The van der Waals surface area contributed by atoms with Gasteiger partial charge in [-0.1, -0.05) is 148 Å². The number of halogens is 8. The molecule has 0 aliphatic carbocycles. The van der Waals surface area contributed by atoms with E-state index in [1.54, 1.807) is 0 Å². The molecule has 4 rings (SSSR count). The van der Waals surface area contributed by atoms with Crippen molar-refractivity contribution in [3.05, 3.63) is 0 Å². The van der Waals surface area contributed by atoms with Gasteiger partial charge in [0.2, 0.25) is 0 Å². The SMILES string of the molecule is CC[C@@H]1C(OC(C)=O)[C@@H](CC)OC(COC(C)=O)[C@@H]1OC(C)=O.CC[C@H]1OC(COC(C)=O)[C@H](OC(C)=O)[C@H](C)C1OC(C)=O.CC[C@H]1OC(COC(C)=O)[C@H](OC(C)=O)[C@H](CB2OC(C)(C)C(C)(C)O2)C1OC(C)=O.IC(I)I.ICI.[I][V]([I])[I]. The summed E-state index contributed by atoms with van der Waals surface area (Å²) in [6.45, 7) is 28.9. The van der Waals surface area contributed by atoms with Crippen molar-refractivity contribution in [1.82, 2.24) is 0 Å². The monoisotopic (exact) mass is 2180 g/mol. The molecule has 0 aromatic rings. The number of hydrogen-bond donors (Lipinski definition) is 0. The van der Waals surface area contributed by atoms with E-state index in [1.807, 2.05) is 62.3 Å². The molecule has 4 aliphatic heterocycles. The molecule has 0 aromatic carbocycles. The molecule has 0 aromatic heterocycles. The second-order valence-electron chi connectivity index (χ2n) is 20.8. The molecular weight excluding hydrogens is 2090 g/mol. The number of esters is 9. The Bertz CT molecular complexity index is 2090. The fourth-order valence-corrected chi connectivity index (χ4v) is 9.65. The molecule has 4 saturated heterocycles. The number of ether oxygens (including phenoxy) is 12. The van der Waals surface area contributed by atoms with Gasteiger partial charge in [-0.05, 0) is 59.7 Å². The molecule has 0 bridgehead atoms. The molecule has 33 heteroatoms. The van der Waals surface area contributed by atoms with Crippen LogP contribution in [0.5, 0.6) is 0 Å². The zero-order valence-electron chi connectivity index (χ0n) is 52.5. The van der Waals surface area contributed by atoms with Crippen molar-refractivity contribution in [2.45, 2.75) is 241 Å². The third kappa shape index (κ3) is 37.0. The van der Waals surface area contributed by atoms with Crippen molar-refractivity contribution in [3.8, 4) is 0 Å². The van der Waals surface area contributed by atoms with Crippen LogP contribution in [-0.4, -0.2) is 167 Å². The van der Waals surface area contributed by atoms with Crippen molar-refractivity contribution in [2.24, 2.45) is 17.8 Å². The first kappa shape index (κ1) is 90.6. The van der Waals surface area contributed by atoms with Gasteiger partial charge in [-0.2, -0.15) is 0 Å². The Morgan fingerprint density at radius 3 is 0.897 bits per heavy atom. The normalized spacial score (nSPS) is 28.3. The number of carbonyl (C=O) groups is 9. The summed E-state index contributed by atoms with van der Waals surface area (Å²) in [5, 5.41) is 0. The summed E-state index contributed by atoms with van der Waals surface area (Å²) >= 11 is 18.9. The van der Waals surface area contributed by atoms with Crippen molar-refractivity contribution >= 4 is 234 Å². The minimum atomic E-state index is -0.817. The van der Waals surface area contributed by atoms with Crippen LogP contribution in [0.2, 0.25) is 6.32 Å². The van der Waals surface area contributed by atoms with Crippen LogP contribution in [0.1, 0.15) is 150 Å². The Balaban J connectivity index is 0. The number of carbonyl (C=O) groups excluding carboxylic acids is 9. The number of hydrogen-bond acceptors (Lipinski definition) is 23. The first-order valence-electron chi connectivity index (χ1n) is 27.8. The van der Waals surface area contributed by atoms with Crippen LogP contribution < -0.4 is 0 Å². The topological polar surface area (TPSA) is 283 Å². The summed E-state index contributed by atoms with van der Waals surface area (Å²) in [5.41, 5.74) is -1.09. The predicted molar refractivity (Wildman–Crippen MR) is 388 cm³/mol. The average molecular weight is 2180 g/mol. The molecule has 15 atom stereocenters. The molecule has 0 saturated carbocycles. The van der Waals surface area contributed by atoms with E-state index in [4.69, 9.17) is 66.2 Å². The average Bonchev–Trinajstić information content (AvgIpc) is 2.14. The molecular formula is C54H88BI8O23V. The molecule has 23 nitrogen and oxygen atoms in total. The Morgan fingerprint density at radius 1 is 0.425 bits per heavy atom. The fourth-order valence-electron chi connectivity index (χ4n) is 9.65. The maximum absolute atomic E-state index is 11.9. The van der Waals surface area contributed by atoms with Crippen LogP contribution in [0.25, 0.3) is 0 Å². The molecule has 6 unspecified atom stereocenters. The van der Waals surface area contributed by atoms with E-state index in [1.165, 1.54) is 64.7 Å². The fraction of sp³-hybridized carbons (Fsp3) is 0.833. The van der Waals surface area contributed by atoms with Crippen molar-refractivity contribution in [1.29, 1.82) is 0 Å². The van der Waals surface area contributed by atoms with Crippen LogP contribution in [0, 0.1) is 17.8 Å². The van der Waals surface area contributed by atoms with E-state index in [2.05, 4.69) is 173 Å². The Kier molecular flexibility index (Phi) is 49.4. The Labute approximate surface area is 620 Å². The summed E-state index contributed by atoms with van der Waals surface area (Å²) in [6.07, 6.45) is -4.10. The van der Waals surface area contributed by atoms with E-state index >= 15 is 0 Å². The van der Waals surface area contributed by atoms with Gasteiger partial charge in [-0.25, -0.2) is 0 Å². The van der Waals surface area contributed by atoms with Gasteiger partial charge in [0.1, 0.15) is 74.7 Å². The standard InChI is InChI=1S/C21H35BO9.C16H26O7.C15H24O7.CHI3.CH2I2.3HI.V/c1-9-16-18(27-13(3)24)15(10-22-30-20(5,6)21(7,8)31-22)19(28-14(4)25)17(29-16)11-26-12(2)23;1-6-12-15(21-10(4)18)13(7-2)23-14(8-20-9(3)17)16(12)22-11(5)19;1-6-12-14(20-10(4)17)8(2)15(21-11(5)18)13(22-12)7-19-9(3)16;2-1(3)4;2-1-3;;;;/h15-19H,9-11H2,1-8H3;12-16H,6-8H2,1-5H3;8,12-15H,6-7H2,1-5H3;1H;1H2;3*1H;/q;;;;;;;;+3/p-3/t15-,16-,17?,18?,19-;12-,13-,14?,15?,16-;8-,12-,13?,14?,15-;;;;;;/m111....../s1. The van der Waals surface area contributed by atoms with E-state index in [-0.39, 0.29) is 48.8 Å². The second kappa shape index (κ2) is 47.4. The van der Waals surface area contributed by atoms with Gasteiger partial charge in [0, 0.05) is 80.1 Å². The van der Waals surface area contributed by atoms with Crippen molar-refractivity contribution < 1.29 is 114 Å². The van der Waals surface area contributed by atoms with E-state index in [0.717, 1.165) is -0.0619 Å². The third-order valence-corrected chi connectivity index (χ3v) is 13.6. The van der Waals surface area contributed by atoms with E-state index < -0.39 is 139 Å². The van der Waals surface area contributed by atoms with Crippen LogP contribution in [-0.2, 0) is 114 Å². The van der Waals surface area contributed by atoms with Gasteiger partial charge in [0.05, 0.1) is 31.9 Å². The molecule has 506 valence electrons. The molecule has 0 radical (unpaired) electrons. The third-order valence-electron chi connectivity index (χ3n) is 13.6. The summed E-state index contributed by atoms with van der Waals surface area (Å²) in [7, 11) is -0.601. The Hall–Kier alpha value is 1.52. The van der Waals surface area contributed by atoms with Gasteiger partial charge in [0.15, 0.2) is 0 Å². The van der Waals surface area contributed by atoms with E-state index in [0.29, 0.717) is 32.0 Å². The molecule has 87 heavy (non-hydrogen) atoms. The molecule has 0 spiro atoms. The first-order chi connectivity index (χ1) is 40.2. The summed E-state index contributed by atoms with van der Waals surface area (Å²) in [4.78, 5) is 102. The Morgan fingerprint density at radius 2 is 0.644 bits per heavy atom. The minimum absolute atomic E-state index is 0.00687. The summed E-state index contributed by atoms with van der Waals surface area (Å²) < 4.78 is 79.9. The van der Waals surface area contributed by atoms with Gasteiger partial charge >= 0.3 is 126 Å². The van der Waals surface area contributed by atoms with Crippen molar-refractivity contribution in [2.75, 3.05) is 22.3 Å². The van der Waals surface area contributed by atoms with Gasteiger partial charge < -0.3 is 66.2 Å². The van der Waals surface area contributed by atoms with Gasteiger partial charge in [-0.3, -0.25) is 43.2 Å². The molecule has 4 fully saturated rings. The predicted octanol–water partition coefficient (Wildman–Crippen LogP) is 12.2. The van der Waals surface area contributed by atoms with Gasteiger partial charge in [-0.15, -0.1) is 0 Å². The zero-order chi connectivity index (χ0) is 67.9. The molecule has 4 aliphatic rings. The zero-order valence-corrected chi connectivity index (χ0v) is 71.2. The number of rotatable bonds is 18. The summed E-state index contributed by atoms with van der Waals surface area (Å²) in [6, 6.07) is 0. The molecule has 0 amide bonds. The quantitative estimate of drug-likeness (QED) is 0.0405. The molecule has 0 N–H and O–H groups in total. The summed E-state index contributed by atoms with van der Waals surface area (Å²) in [5.74, 6) is -5.05. The van der Waals surface area contributed by atoms with Gasteiger partial charge in [0.25, 0.3) is 0 Å². The van der Waals surface area contributed by atoms with E-state index in [9.17, 15) is 43.2 Å². The van der Waals surface area contributed by atoms with Crippen LogP contribution in [0.15, 0.2) is 0 Å². The maximum atomic E-state index is 11.9. The van der Waals surface area contributed by atoms with Crippen molar-refractivity contribution in [3.63, 3.8) is 0 Å². The number of alkyl halides is 5.